The van der Waals surface area contributed by atoms with Crippen molar-refractivity contribution in [3.05, 3.63) is 0 Å². The molecule has 0 aliphatic heterocycles. The Hall–Kier alpha value is -0.00312. The second-order valence-corrected chi connectivity index (χ2v) is 9.83. The molecule has 0 radical (unpaired) electrons. The van der Waals surface area contributed by atoms with E-state index in [0.29, 0.717) is 0 Å². The maximum atomic E-state index is 7.32. The Balaban J connectivity index is 0. The number of nitriles is 1. The molecule has 0 heterocycles. The topological polar surface area (TPSA) is 23.8 Å². The van der Waals surface area contributed by atoms with Gasteiger partial charge in [-0.15, -0.1) is 0 Å². The molecule has 0 bridgehead atoms. The predicted molar refractivity (Wildman–Crippen MR) is 40.5 cm³/mol. The summed E-state index contributed by atoms with van der Waals surface area (Å²) in [5.74, 6) is 0. The lowest BCUT2D eigenvalue weighted by molar-refractivity contribution is 1.49. The van der Waals surface area contributed by atoms with E-state index in [9.17, 15) is 0 Å². The van der Waals surface area contributed by atoms with Crippen LogP contribution in [0.2, 0.25) is 19.6 Å². The fourth-order valence-corrected chi connectivity index (χ4v) is 0. The van der Waals surface area contributed by atoms with Crippen molar-refractivity contribution in [2.24, 2.45) is 0 Å². The van der Waals surface area contributed by atoms with Gasteiger partial charge in [0, 0.05) is 6.92 Å². The van der Waals surface area contributed by atoms with Gasteiger partial charge in [-0.1, -0.05) is 19.6 Å². The van der Waals surface area contributed by atoms with E-state index in [1.165, 1.54) is 6.92 Å². The van der Waals surface area contributed by atoms with Crippen LogP contribution in [-0.4, -0.2) is 7.38 Å². The molecule has 0 amide bonds. The molecule has 0 aromatic carbocycles. The highest BCUT2D eigenvalue weighted by molar-refractivity contribution is 7.18. The van der Waals surface area contributed by atoms with E-state index >= 15 is 0 Å². The molecule has 0 aromatic rings. The minimum Gasteiger partial charge on any atom is -0.199 e. The Kier molecular flexibility index (Phi) is 6.99. The van der Waals surface area contributed by atoms with Crippen molar-refractivity contribution in [3.63, 3.8) is 0 Å². The smallest absolute Gasteiger partial charge is 0.147 e. The van der Waals surface area contributed by atoms with Gasteiger partial charge in [-0.2, -0.15) is 16.3 Å². The first-order valence-corrected chi connectivity index (χ1v) is 6.92. The number of halogens is 1. The van der Waals surface area contributed by atoms with Crippen LogP contribution < -0.4 is 0 Å². The van der Waals surface area contributed by atoms with E-state index in [1.807, 2.05) is 0 Å². The van der Waals surface area contributed by atoms with Crippen molar-refractivity contribution in [3.8, 4) is 6.07 Å². The van der Waals surface area contributed by atoms with E-state index in [2.05, 4.69) is 19.6 Å². The summed E-state index contributed by atoms with van der Waals surface area (Å²) in [5, 5.41) is 7.32. The molecule has 0 aliphatic carbocycles. The minimum atomic E-state index is -1.14. The van der Waals surface area contributed by atoms with Gasteiger partial charge >= 0.3 is 0 Å². The maximum Gasteiger partial charge on any atom is 0.147 e. The molecule has 0 unspecified atom stereocenters. The molecule has 48 valence electrons. The van der Waals surface area contributed by atoms with Gasteiger partial charge in [0.25, 0.3) is 0 Å². The third kappa shape index (κ3) is 15400000. The fourth-order valence-electron chi connectivity index (χ4n) is 0. The Morgan fingerprint density at radius 2 is 1.38 bits per heavy atom. The molecule has 0 saturated heterocycles. The van der Waals surface area contributed by atoms with Gasteiger partial charge in [-0.25, -0.2) is 0 Å². The predicted octanol–water partition coefficient (Wildman–Crippen LogP) is 2.59. The standard InChI is InChI=1S/C3H9ClSi.C2H3N/c1-5(2,3)4;1-2-3/h1-3H3;1H3. The maximum absolute atomic E-state index is 7.32. The highest BCUT2D eigenvalue weighted by atomic mass is 35.6. The van der Waals surface area contributed by atoms with E-state index in [1.54, 1.807) is 6.07 Å². The van der Waals surface area contributed by atoms with Crippen molar-refractivity contribution in [2.45, 2.75) is 26.6 Å². The SMILES string of the molecule is CC#N.C[Si](C)(C)Cl. The third-order valence-electron chi connectivity index (χ3n) is 0. The zero-order valence-corrected chi connectivity index (χ0v) is 7.58. The molecule has 0 fully saturated rings. The molecular weight excluding hydrogens is 138 g/mol. The summed E-state index contributed by atoms with van der Waals surface area (Å²) in [6, 6.07) is 1.75. The van der Waals surface area contributed by atoms with Crippen LogP contribution in [0, 0.1) is 11.3 Å². The molecule has 0 saturated carbocycles. The molecule has 0 aliphatic rings. The first kappa shape index (κ1) is 10.9. The van der Waals surface area contributed by atoms with E-state index < -0.39 is 7.38 Å². The highest BCUT2D eigenvalue weighted by Crippen LogP contribution is 2.03. The molecule has 0 atom stereocenters. The van der Waals surface area contributed by atoms with Gasteiger partial charge in [0.2, 0.25) is 0 Å². The summed E-state index contributed by atoms with van der Waals surface area (Å²) < 4.78 is 0. The van der Waals surface area contributed by atoms with Crippen molar-refractivity contribution in [1.82, 2.24) is 0 Å². The number of rotatable bonds is 0. The van der Waals surface area contributed by atoms with Crippen LogP contribution in [0.5, 0.6) is 0 Å². The van der Waals surface area contributed by atoms with Crippen LogP contribution in [0.4, 0.5) is 0 Å². The van der Waals surface area contributed by atoms with Crippen LogP contribution in [0.15, 0.2) is 0 Å². The zero-order valence-electron chi connectivity index (χ0n) is 5.83. The lowest BCUT2D eigenvalue weighted by Gasteiger charge is -1.97. The molecule has 0 N–H and O–H groups in total. The fraction of sp³-hybridized carbons (Fsp3) is 0.800. The van der Waals surface area contributed by atoms with E-state index in [0.717, 1.165) is 0 Å². The van der Waals surface area contributed by atoms with Crippen molar-refractivity contribution in [2.75, 3.05) is 0 Å². The first-order valence-electron chi connectivity index (χ1n) is 2.41. The van der Waals surface area contributed by atoms with Gasteiger partial charge < -0.3 is 0 Å². The van der Waals surface area contributed by atoms with Crippen LogP contribution >= 0.6 is 11.1 Å². The number of hydrogen-bond acceptors (Lipinski definition) is 1. The van der Waals surface area contributed by atoms with Gasteiger partial charge in [0.15, 0.2) is 0 Å². The van der Waals surface area contributed by atoms with E-state index in [-0.39, 0.29) is 0 Å². The van der Waals surface area contributed by atoms with Gasteiger partial charge in [0.1, 0.15) is 7.38 Å². The lowest BCUT2D eigenvalue weighted by atomic mass is 11.0. The van der Waals surface area contributed by atoms with Crippen molar-refractivity contribution >= 4 is 18.5 Å². The molecule has 1 nitrogen and oxygen atoms in total. The Morgan fingerprint density at radius 1 is 1.38 bits per heavy atom. The van der Waals surface area contributed by atoms with Crippen molar-refractivity contribution < 1.29 is 0 Å². The van der Waals surface area contributed by atoms with Gasteiger partial charge in [-0.05, 0) is 0 Å². The zero-order chi connectivity index (χ0) is 7.21. The molecule has 8 heavy (non-hydrogen) atoms. The number of nitrogens with zero attached hydrogens (tertiary/aromatic N) is 1. The normalized spacial score (nSPS) is 8.50. The highest BCUT2D eigenvalue weighted by Gasteiger charge is 2.04. The average Bonchev–Trinajstić information content (AvgIpc) is 1.27. The first-order chi connectivity index (χ1) is 3.41. The summed E-state index contributed by atoms with van der Waals surface area (Å²) in [5.41, 5.74) is 0. The largest absolute Gasteiger partial charge is 0.199 e. The molecule has 0 rings (SSSR count). The summed E-state index contributed by atoms with van der Waals surface area (Å²) in [6.07, 6.45) is 0. The summed E-state index contributed by atoms with van der Waals surface area (Å²) in [7, 11) is -1.14. The summed E-state index contributed by atoms with van der Waals surface area (Å²) >= 11 is 5.67. The lowest BCUT2D eigenvalue weighted by Crippen LogP contribution is -2.06. The van der Waals surface area contributed by atoms with Crippen LogP contribution in [0.1, 0.15) is 6.92 Å². The molecular formula is C5H12ClNSi. The van der Waals surface area contributed by atoms with Gasteiger partial charge in [0.05, 0.1) is 6.07 Å². The summed E-state index contributed by atoms with van der Waals surface area (Å²) in [4.78, 5) is 0. The van der Waals surface area contributed by atoms with E-state index in [4.69, 9.17) is 16.3 Å². The van der Waals surface area contributed by atoms with Crippen molar-refractivity contribution in [1.29, 1.82) is 5.26 Å². The quantitative estimate of drug-likeness (QED) is 0.384. The van der Waals surface area contributed by atoms with Crippen LogP contribution in [0.25, 0.3) is 0 Å². The Morgan fingerprint density at radius 3 is 1.38 bits per heavy atom. The monoisotopic (exact) mass is 149 g/mol. The van der Waals surface area contributed by atoms with Crippen LogP contribution in [-0.2, 0) is 0 Å². The number of hydrogen-bond donors (Lipinski definition) is 0. The molecule has 0 aromatic heterocycles. The second kappa shape index (κ2) is 5.14. The second-order valence-electron chi connectivity index (χ2n) is 2.29. The van der Waals surface area contributed by atoms with Crippen LogP contribution in [0.3, 0.4) is 0 Å². The average molecular weight is 150 g/mol. The van der Waals surface area contributed by atoms with Gasteiger partial charge in [-0.3, -0.25) is 0 Å². The summed E-state index contributed by atoms with van der Waals surface area (Å²) in [6.45, 7) is 7.71. The Bertz CT molecular complexity index is 73.4. The molecule has 0 spiro atoms. The third-order valence-corrected chi connectivity index (χ3v) is 0. The Labute approximate surface area is 57.0 Å². The minimum absolute atomic E-state index is 1.14. The molecule has 3 heteroatoms.